The Kier molecular flexibility index (Phi) is 5.57. The van der Waals surface area contributed by atoms with Crippen molar-refractivity contribution in [2.45, 2.75) is 13.8 Å². The van der Waals surface area contributed by atoms with Crippen molar-refractivity contribution < 1.29 is 4.79 Å². The number of rotatable bonds is 5. The monoisotopic (exact) mass is 338 g/mol. The molecule has 0 spiro atoms. The summed E-state index contributed by atoms with van der Waals surface area (Å²) in [5, 5.41) is 6.55. The van der Waals surface area contributed by atoms with Gasteiger partial charge in [0.25, 0.3) is 5.91 Å². The van der Waals surface area contributed by atoms with Gasteiger partial charge in [-0.15, -0.1) is 0 Å². The Bertz CT molecular complexity index is 656. The molecule has 0 aliphatic carbocycles. The number of nitrogens with zero attached hydrogens (tertiary/aromatic N) is 2. The van der Waals surface area contributed by atoms with E-state index in [4.69, 9.17) is 23.2 Å². The van der Waals surface area contributed by atoms with Crippen LogP contribution < -0.4 is 10.6 Å². The van der Waals surface area contributed by atoms with Crippen LogP contribution in [-0.4, -0.2) is 22.4 Å². The predicted molar refractivity (Wildman–Crippen MR) is 89.8 cm³/mol. The Labute approximate surface area is 139 Å². The van der Waals surface area contributed by atoms with Crippen molar-refractivity contribution in [2.75, 3.05) is 17.2 Å². The van der Waals surface area contributed by atoms with Crippen LogP contribution in [0.5, 0.6) is 0 Å². The van der Waals surface area contributed by atoms with Gasteiger partial charge >= 0.3 is 0 Å². The summed E-state index contributed by atoms with van der Waals surface area (Å²) in [5.74, 6) is 0.665. The van der Waals surface area contributed by atoms with E-state index in [-0.39, 0.29) is 5.69 Å². The lowest BCUT2D eigenvalue weighted by Crippen LogP contribution is -2.16. The molecule has 0 fully saturated rings. The zero-order chi connectivity index (χ0) is 16.1. The predicted octanol–water partition coefficient (Wildman–Crippen LogP) is 4.10. The third-order valence-electron chi connectivity index (χ3n) is 2.79. The first-order chi connectivity index (χ1) is 10.5. The van der Waals surface area contributed by atoms with Gasteiger partial charge in [-0.1, -0.05) is 43.1 Å². The molecule has 2 aromatic rings. The first kappa shape index (κ1) is 16.5. The van der Waals surface area contributed by atoms with E-state index >= 15 is 0 Å². The third kappa shape index (κ3) is 4.32. The lowest BCUT2D eigenvalue weighted by molar-refractivity contribution is 0.102. The first-order valence-electron chi connectivity index (χ1n) is 6.78. The van der Waals surface area contributed by atoms with Gasteiger partial charge in [0.15, 0.2) is 0 Å². The van der Waals surface area contributed by atoms with Crippen LogP contribution in [0.2, 0.25) is 10.0 Å². The number of para-hydroxylation sites is 1. The fourth-order valence-electron chi connectivity index (χ4n) is 1.68. The quantitative estimate of drug-likeness (QED) is 0.860. The number of nitrogens with one attached hydrogen (secondary N) is 2. The molecule has 5 nitrogen and oxygen atoms in total. The number of hydrogen-bond donors (Lipinski definition) is 2. The number of carbonyl (C=O) groups is 1. The van der Waals surface area contributed by atoms with Crippen LogP contribution in [0, 0.1) is 5.92 Å². The molecule has 1 heterocycles. The molecule has 0 radical (unpaired) electrons. The molecule has 0 unspecified atom stereocenters. The minimum Gasteiger partial charge on any atom is -0.370 e. The summed E-state index contributed by atoms with van der Waals surface area (Å²) in [6.45, 7) is 4.93. The van der Waals surface area contributed by atoms with Crippen molar-refractivity contribution in [2.24, 2.45) is 5.92 Å². The first-order valence-corrected chi connectivity index (χ1v) is 7.54. The molecule has 0 saturated heterocycles. The van der Waals surface area contributed by atoms with E-state index in [0.29, 0.717) is 27.5 Å². The summed E-state index contributed by atoms with van der Waals surface area (Å²) in [7, 11) is 0. The topological polar surface area (TPSA) is 66.9 Å². The van der Waals surface area contributed by atoms with Crippen molar-refractivity contribution in [1.82, 2.24) is 9.97 Å². The Hall–Kier alpha value is -1.85. The lowest BCUT2D eigenvalue weighted by atomic mass is 10.2. The van der Waals surface area contributed by atoms with Crippen LogP contribution in [0.25, 0.3) is 0 Å². The number of halogens is 2. The van der Waals surface area contributed by atoms with Crippen LogP contribution in [0.4, 0.5) is 11.5 Å². The minimum absolute atomic E-state index is 0.234. The number of carbonyl (C=O) groups excluding carboxylic acids is 1. The second-order valence-corrected chi connectivity index (χ2v) is 5.93. The number of benzene rings is 1. The summed E-state index contributed by atoms with van der Waals surface area (Å²) >= 11 is 12.1. The van der Waals surface area contributed by atoms with Crippen molar-refractivity contribution >= 4 is 40.6 Å². The Morgan fingerprint density at radius 2 is 1.91 bits per heavy atom. The molecule has 0 aliphatic rings. The highest BCUT2D eigenvalue weighted by Gasteiger charge is 2.13. The van der Waals surface area contributed by atoms with E-state index in [0.717, 1.165) is 6.54 Å². The second-order valence-electron chi connectivity index (χ2n) is 5.11. The van der Waals surface area contributed by atoms with E-state index in [1.807, 2.05) is 0 Å². The molecule has 0 bridgehead atoms. The average molecular weight is 339 g/mol. The molecule has 116 valence electrons. The third-order valence-corrected chi connectivity index (χ3v) is 3.42. The Morgan fingerprint density at radius 3 is 2.55 bits per heavy atom. The molecule has 2 N–H and O–H groups in total. The summed E-state index contributed by atoms with van der Waals surface area (Å²) in [5.41, 5.74) is 0.600. The minimum atomic E-state index is -0.398. The van der Waals surface area contributed by atoms with Crippen LogP contribution >= 0.6 is 23.2 Å². The molecule has 1 aromatic heterocycles. The van der Waals surface area contributed by atoms with Crippen molar-refractivity contribution in [3.63, 3.8) is 0 Å². The maximum Gasteiger partial charge on any atom is 0.274 e. The fourth-order valence-corrected chi connectivity index (χ4v) is 2.17. The maximum absolute atomic E-state index is 12.3. The van der Waals surface area contributed by atoms with Gasteiger partial charge in [0.1, 0.15) is 17.8 Å². The van der Waals surface area contributed by atoms with Crippen LogP contribution in [0.15, 0.2) is 30.6 Å². The number of anilines is 2. The van der Waals surface area contributed by atoms with Gasteiger partial charge in [0.2, 0.25) is 0 Å². The van der Waals surface area contributed by atoms with Crippen molar-refractivity contribution in [3.8, 4) is 0 Å². The van der Waals surface area contributed by atoms with Gasteiger partial charge in [0, 0.05) is 12.6 Å². The van der Waals surface area contributed by atoms with Crippen molar-refractivity contribution in [3.05, 3.63) is 46.3 Å². The molecular formula is C15H16Cl2N4O. The molecule has 0 saturated carbocycles. The molecule has 22 heavy (non-hydrogen) atoms. The van der Waals surface area contributed by atoms with E-state index in [9.17, 15) is 4.79 Å². The summed E-state index contributed by atoms with van der Waals surface area (Å²) < 4.78 is 0. The maximum atomic E-state index is 12.3. The van der Waals surface area contributed by atoms with Crippen LogP contribution in [-0.2, 0) is 0 Å². The highest BCUT2D eigenvalue weighted by Crippen LogP contribution is 2.30. The summed E-state index contributed by atoms with van der Waals surface area (Å²) in [4.78, 5) is 20.3. The highest BCUT2D eigenvalue weighted by atomic mass is 35.5. The smallest absolute Gasteiger partial charge is 0.274 e. The normalized spacial score (nSPS) is 10.6. The Morgan fingerprint density at radius 1 is 1.23 bits per heavy atom. The second kappa shape index (κ2) is 7.42. The molecule has 1 amide bonds. The standard InChI is InChI=1S/C15H16Cl2N4O/c1-9(2)7-18-13-6-12(19-8-20-13)15(22)21-14-10(16)4-3-5-11(14)17/h3-6,8-9H,7H2,1-2H3,(H,21,22)(H,18,19,20). The van der Waals surface area contributed by atoms with Gasteiger partial charge in [0.05, 0.1) is 15.7 Å². The molecule has 1 aromatic carbocycles. The number of hydrogen-bond acceptors (Lipinski definition) is 4. The van der Waals surface area contributed by atoms with Gasteiger partial charge in [-0.3, -0.25) is 4.79 Å². The zero-order valence-corrected chi connectivity index (χ0v) is 13.7. The molecular weight excluding hydrogens is 323 g/mol. The number of aromatic nitrogens is 2. The van der Waals surface area contributed by atoms with Gasteiger partial charge in [-0.2, -0.15) is 0 Å². The van der Waals surface area contributed by atoms with E-state index in [1.54, 1.807) is 24.3 Å². The Balaban J connectivity index is 2.14. The molecule has 0 aliphatic heterocycles. The van der Waals surface area contributed by atoms with E-state index in [2.05, 4.69) is 34.4 Å². The average Bonchev–Trinajstić information content (AvgIpc) is 2.49. The molecule has 0 atom stereocenters. The molecule has 7 heteroatoms. The summed E-state index contributed by atoms with van der Waals surface area (Å²) in [6, 6.07) is 6.60. The number of amides is 1. The fraction of sp³-hybridized carbons (Fsp3) is 0.267. The highest BCUT2D eigenvalue weighted by molar-refractivity contribution is 6.40. The summed E-state index contributed by atoms with van der Waals surface area (Å²) in [6.07, 6.45) is 1.34. The largest absolute Gasteiger partial charge is 0.370 e. The SMILES string of the molecule is CC(C)CNc1cc(C(=O)Nc2c(Cl)cccc2Cl)ncn1. The van der Waals surface area contributed by atoms with E-state index < -0.39 is 5.91 Å². The zero-order valence-electron chi connectivity index (χ0n) is 12.2. The van der Waals surface area contributed by atoms with Crippen LogP contribution in [0.1, 0.15) is 24.3 Å². The van der Waals surface area contributed by atoms with E-state index in [1.165, 1.54) is 6.33 Å². The van der Waals surface area contributed by atoms with Crippen LogP contribution in [0.3, 0.4) is 0 Å². The molecule has 2 rings (SSSR count). The van der Waals surface area contributed by atoms with Crippen molar-refractivity contribution in [1.29, 1.82) is 0 Å². The lowest BCUT2D eigenvalue weighted by Gasteiger charge is -2.10. The van der Waals surface area contributed by atoms with Gasteiger partial charge in [-0.25, -0.2) is 9.97 Å². The van der Waals surface area contributed by atoms with Gasteiger partial charge < -0.3 is 10.6 Å². The van der Waals surface area contributed by atoms with Gasteiger partial charge in [-0.05, 0) is 18.1 Å².